The Labute approximate surface area is 117 Å². The van der Waals surface area contributed by atoms with Crippen LogP contribution >= 0.6 is 0 Å². The van der Waals surface area contributed by atoms with Gasteiger partial charge in [-0.25, -0.2) is 0 Å². The topological polar surface area (TPSA) is 45.1 Å². The highest BCUT2D eigenvalue weighted by atomic mass is 16.3. The van der Waals surface area contributed by atoms with Gasteiger partial charge in [0.25, 0.3) is 0 Å². The zero-order valence-corrected chi connectivity index (χ0v) is 11.3. The van der Waals surface area contributed by atoms with E-state index in [1.165, 1.54) is 10.9 Å². The molecule has 0 fully saturated rings. The minimum absolute atomic E-state index is 0.296. The van der Waals surface area contributed by atoms with E-state index in [2.05, 4.69) is 22.4 Å². The van der Waals surface area contributed by atoms with Crippen LogP contribution in [-0.4, -0.2) is 10.1 Å². The van der Waals surface area contributed by atoms with Crippen molar-refractivity contribution < 1.29 is 5.11 Å². The summed E-state index contributed by atoms with van der Waals surface area (Å²) in [4.78, 5) is 4.15. The maximum Gasteiger partial charge on any atom is 0.115 e. The number of fused-ring (bicyclic) bond motifs is 1. The van der Waals surface area contributed by atoms with Crippen molar-refractivity contribution in [2.45, 2.75) is 13.5 Å². The fourth-order valence-electron chi connectivity index (χ4n) is 2.38. The van der Waals surface area contributed by atoms with Crippen molar-refractivity contribution in [1.29, 1.82) is 0 Å². The Morgan fingerprint density at radius 3 is 2.90 bits per heavy atom. The molecule has 3 nitrogen and oxygen atoms in total. The SMILES string of the molecule is Cc1cc(O)ccc1NCc1cccc2cnccc12. The largest absolute Gasteiger partial charge is 0.508 e. The molecule has 3 heteroatoms. The van der Waals surface area contributed by atoms with Crippen LogP contribution in [0.25, 0.3) is 10.8 Å². The highest BCUT2D eigenvalue weighted by Gasteiger charge is 2.02. The zero-order chi connectivity index (χ0) is 13.9. The van der Waals surface area contributed by atoms with E-state index in [-0.39, 0.29) is 0 Å². The van der Waals surface area contributed by atoms with E-state index >= 15 is 0 Å². The number of benzene rings is 2. The Balaban J connectivity index is 1.87. The summed E-state index contributed by atoms with van der Waals surface area (Å²) < 4.78 is 0. The van der Waals surface area contributed by atoms with Crippen molar-refractivity contribution in [2.24, 2.45) is 0 Å². The third kappa shape index (κ3) is 2.43. The zero-order valence-electron chi connectivity index (χ0n) is 11.3. The molecule has 0 saturated carbocycles. The van der Waals surface area contributed by atoms with Gasteiger partial charge in [-0.1, -0.05) is 18.2 Å². The first-order valence-corrected chi connectivity index (χ1v) is 6.59. The number of pyridine rings is 1. The van der Waals surface area contributed by atoms with Crippen LogP contribution in [-0.2, 0) is 6.54 Å². The van der Waals surface area contributed by atoms with Gasteiger partial charge in [0.2, 0.25) is 0 Å². The van der Waals surface area contributed by atoms with Gasteiger partial charge in [-0.05, 0) is 47.7 Å². The summed E-state index contributed by atoms with van der Waals surface area (Å²) in [6, 6.07) is 13.6. The van der Waals surface area contributed by atoms with E-state index in [9.17, 15) is 5.11 Å². The molecule has 0 aliphatic heterocycles. The van der Waals surface area contributed by atoms with Gasteiger partial charge >= 0.3 is 0 Å². The average Bonchev–Trinajstić information content (AvgIpc) is 2.46. The molecule has 2 N–H and O–H groups in total. The molecule has 20 heavy (non-hydrogen) atoms. The van der Waals surface area contributed by atoms with Crippen molar-refractivity contribution in [3.8, 4) is 5.75 Å². The van der Waals surface area contributed by atoms with Crippen LogP contribution in [0.3, 0.4) is 0 Å². The first-order valence-electron chi connectivity index (χ1n) is 6.59. The van der Waals surface area contributed by atoms with Crippen LogP contribution in [0.4, 0.5) is 5.69 Å². The summed E-state index contributed by atoms with van der Waals surface area (Å²) >= 11 is 0. The number of hydrogen-bond donors (Lipinski definition) is 2. The lowest BCUT2D eigenvalue weighted by atomic mass is 10.1. The highest BCUT2D eigenvalue weighted by Crippen LogP contribution is 2.22. The summed E-state index contributed by atoms with van der Waals surface area (Å²) in [5, 5.41) is 15.2. The second-order valence-corrected chi connectivity index (χ2v) is 4.87. The lowest BCUT2D eigenvalue weighted by Crippen LogP contribution is -2.01. The molecule has 0 spiro atoms. The number of aryl methyl sites for hydroxylation is 1. The summed E-state index contributed by atoms with van der Waals surface area (Å²) in [6.45, 7) is 2.72. The molecule has 0 aliphatic carbocycles. The maximum atomic E-state index is 9.43. The van der Waals surface area contributed by atoms with Crippen molar-refractivity contribution in [1.82, 2.24) is 4.98 Å². The minimum Gasteiger partial charge on any atom is -0.508 e. The highest BCUT2D eigenvalue weighted by molar-refractivity contribution is 5.85. The average molecular weight is 264 g/mol. The van der Waals surface area contributed by atoms with Gasteiger partial charge < -0.3 is 10.4 Å². The lowest BCUT2D eigenvalue weighted by molar-refractivity contribution is 0.475. The normalized spacial score (nSPS) is 10.7. The molecule has 0 unspecified atom stereocenters. The number of anilines is 1. The van der Waals surface area contributed by atoms with Crippen LogP contribution in [0.2, 0.25) is 0 Å². The quantitative estimate of drug-likeness (QED) is 0.706. The molecule has 0 bridgehead atoms. The van der Waals surface area contributed by atoms with Gasteiger partial charge in [0.1, 0.15) is 5.75 Å². The summed E-state index contributed by atoms with van der Waals surface area (Å²) in [6.07, 6.45) is 3.70. The van der Waals surface area contributed by atoms with Gasteiger partial charge in [-0.3, -0.25) is 4.98 Å². The van der Waals surface area contributed by atoms with Crippen LogP contribution in [0.1, 0.15) is 11.1 Å². The fraction of sp³-hybridized carbons (Fsp3) is 0.118. The summed E-state index contributed by atoms with van der Waals surface area (Å²) in [7, 11) is 0. The van der Waals surface area contributed by atoms with E-state index in [1.807, 2.05) is 37.5 Å². The first-order chi connectivity index (χ1) is 9.74. The Hall–Kier alpha value is -2.55. The number of rotatable bonds is 3. The molecule has 0 atom stereocenters. The van der Waals surface area contributed by atoms with Crippen molar-refractivity contribution >= 4 is 16.5 Å². The van der Waals surface area contributed by atoms with E-state index in [0.717, 1.165) is 23.2 Å². The molecule has 0 saturated heterocycles. The smallest absolute Gasteiger partial charge is 0.115 e. The Bertz CT molecular complexity index is 748. The maximum absolute atomic E-state index is 9.43. The Morgan fingerprint density at radius 1 is 1.15 bits per heavy atom. The number of nitrogens with zero attached hydrogens (tertiary/aromatic N) is 1. The molecule has 2 aromatic carbocycles. The fourth-order valence-corrected chi connectivity index (χ4v) is 2.38. The number of phenols is 1. The number of aromatic hydroxyl groups is 1. The van der Waals surface area contributed by atoms with E-state index in [1.54, 1.807) is 12.1 Å². The number of phenolic OH excluding ortho intramolecular Hbond substituents is 1. The van der Waals surface area contributed by atoms with Crippen LogP contribution in [0.15, 0.2) is 54.9 Å². The molecule has 0 radical (unpaired) electrons. The predicted molar refractivity (Wildman–Crippen MR) is 81.9 cm³/mol. The summed E-state index contributed by atoms with van der Waals surface area (Å²) in [5.74, 6) is 0.296. The predicted octanol–water partition coefficient (Wildman–Crippen LogP) is 3.86. The van der Waals surface area contributed by atoms with Gasteiger partial charge in [0.15, 0.2) is 0 Å². The molecular weight excluding hydrogens is 248 g/mol. The van der Waals surface area contributed by atoms with Crippen molar-refractivity contribution in [3.63, 3.8) is 0 Å². The van der Waals surface area contributed by atoms with Crippen LogP contribution in [0.5, 0.6) is 5.75 Å². The van der Waals surface area contributed by atoms with E-state index in [0.29, 0.717) is 5.75 Å². The second-order valence-electron chi connectivity index (χ2n) is 4.87. The van der Waals surface area contributed by atoms with Crippen LogP contribution in [0, 0.1) is 6.92 Å². The minimum atomic E-state index is 0.296. The number of hydrogen-bond acceptors (Lipinski definition) is 3. The van der Waals surface area contributed by atoms with Gasteiger partial charge in [-0.2, -0.15) is 0 Å². The molecule has 0 aliphatic rings. The van der Waals surface area contributed by atoms with Gasteiger partial charge in [-0.15, -0.1) is 0 Å². The molecular formula is C17H16N2O. The van der Waals surface area contributed by atoms with Crippen molar-refractivity contribution in [2.75, 3.05) is 5.32 Å². The van der Waals surface area contributed by atoms with Crippen LogP contribution < -0.4 is 5.32 Å². The second kappa shape index (κ2) is 5.21. The molecule has 1 heterocycles. The third-order valence-electron chi connectivity index (χ3n) is 3.45. The monoisotopic (exact) mass is 264 g/mol. The van der Waals surface area contributed by atoms with Gasteiger partial charge in [0, 0.05) is 30.0 Å². The molecule has 0 amide bonds. The first kappa shape index (κ1) is 12.5. The van der Waals surface area contributed by atoms with E-state index < -0.39 is 0 Å². The third-order valence-corrected chi connectivity index (χ3v) is 3.45. The number of nitrogens with one attached hydrogen (secondary N) is 1. The lowest BCUT2D eigenvalue weighted by Gasteiger charge is -2.11. The number of aromatic nitrogens is 1. The Kier molecular flexibility index (Phi) is 3.25. The van der Waals surface area contributed by atoms with Crippen molar-refractivity contribution in [3.05, 3.63) is 66.0 Å². The Morgan fingerprint density at radius 2 is 2.05 bits per heavy atom. The summed E-state index contributed by atoms with van der Waals surface area (Å²) in [5.41, 5.74) is 3.30. The molecule has 100 valence electrons. The standard InChI is InChI=1S/C17H16N2O/c1-12-9-15(20)5-6-17(12)19-11-14-4-2-3-13-10-18-8-7-16(13)14/h2-10,19-20H,11H2,1H3. The van der Waals surface area contributed by atoms with E-state index in [4.69, 9.17) is 0 Å². The molecule has 3 rings (SSSR count). The van der Waals surface area contributed by atoms with Gasteiger partial charge in [0.05, 0.1) is 0 Å². The molecule has 1 aromatic heterocycles. The molecule has 3 aromatic rings.